The number of hydrogen-bond donors (Lipinski definition) is 2. The minimum atomic E-state index is -0.587. The van der Waals surface area contributed by atoms with Crippen molar-refractivity contribution in [3.05, 3.63) is 70.6 Å². The van der Waals surface area contributed by atoms with E-state index in [-0.39, 0.29) is 29.4 Å². The lowest BCUT2D eigenvalue weighted by Crippen LogP contribution is -2.41. The van der Waals surface area contributed by atoms with Gasteiger partial charge in [0.15, 0.2) is 0 Å². The van der Waals surface area contributed by atoms with Crippen LogP contribution in [-0.4, -0.2) is 53.4 Å². The van der Waals surface area contributed by atoms with Gasteiger partial charge < -0.3 is 20.3 Å². The first kappa shape index (κ1) is 28.1. The van der Waals surface area contributed by atoms with E-state index in [9.17, 15) is 14.0 Å². The van der Waals surface area contributed by atoms with Crippen molar-refractivity contribution in [2.45, 2.75) is 39.5 Å². The van der Waals surface area contributed by atoms with Crippen LogP contribution in [0.15, 0.2) is 48.5 Å². The molecule has 3 aromatic rings. The van der Waals surface area contributed by atoms with Crippen LogP contribution >= 0.6 is 11.6 Å². The lowest BCUT2D eigenvalue weighted by molar-refractivity contribution is -0.116. The third-order valence-corrected chi connectivity index (χ3v) is 5.85. The largest absolute Gasteiger partial charge is 0.385 e. The minimum Gasteiger partial charge on any atom is -0.385 e. The van der Waals surface area contributed by atoms with Crippen molar-refractivity contribution >= 4 is 35.0 Å². The number of rotatable bonds is 9. The number of anilines is 2. The van der Waals surface area contributed by atoms with Crippen LogP contribution in [-0.2, 0) is 14.9 Å². The Bertz CT molecular complexity index is 1260. The van der Waals surface area contributed by atoms with Gasteiger partial charge in [-0.05, 0) is 49.2 Å². The summed E-state index contributed by atoms with van der Waals surface area (Å²) < 4.78 is 20.3. The minimum absolute atomic E-state index is 0.111. The van der Waals surface area contributed by atoms with Crippen LogP contribution < -0.4 is 10.6 Å². The molecule has 2 aromatic carbocycles. The molecule has 0 aliphatic rings. The smallest absolute Gasteiger partial charge is 0.322 e. The summed E-state index contributed by atoms with van der Waals surface area (Å²) in [6, 6.07) is 13.0. The van der Waals surface area contributed by atoms with Gasteiger partial charge in [-0.3, -0.25) is 4.79 Å². The Morgan fingerprint density at radius 2 is 1.89 bits per heavy atom. The van der Waals surface area contributed by atoms with Crippen molar-refractivity contribution in [1.82, 2.24) is 14.7 Å². The number of methoxy groups -OCH3 is 1. The summed E-state index contributed by atoms with van der Waals surface area (Å²) in [5.74, 6) is -0.474. The number of urea groups is 1. The highest BCUT2D eigenvalue weighted by Crippen LogP contribution is 2.27. The first-order valence-electron chi connectivity index (χ1n) is 12.0. The quantitative estimate of drug-likeness (QED) is 0.344. The standard InChI is InChI=1S/C27H33ClFN5O3/c1-18-8-6-9-20(14-18)34-24(16-23(32-34)27(2,3)4)31-25(35)17-33(12-7-13-37-5)26(36)30-19-10-11-22(29)21(28)15-19/h6,8-11,14-16H,7,12-13,17H2,1-5H3,(H,30,36)(H,31,35). The summed E-state index contributed by atoms with van der Waals surface area (Å²) >= 11 is 5.83. The van der Waals surface area contributed by atoms with Gasteiger partial charge in [-0.1, -0.05) is 44.5 Å². The molecule has 0 radical (unpaired) electrons. The molecule has 1 heterocycles. The van der Waals surface area contributed by atoms with Crippen molar-refractivity contribution in [2.24, 2.45) is 0 Å². The van der Waals surface area contributed by atoms with Gasteiger partial charge in [0.2, 0.25) is 5.91 Å². The Kier molecular flexibility index (Phi) is 9.29. The van der Waals surface area contributed by atoms with Crippen molar-refractivity contribution in [2.75, 3.05) is 37.4 Å². The summed E-state index contributed by atoms with van der Waals surface area (Å²) in [5.41, 5.74) is 2.77. The first-order valence-corrected chi connectivity index (χ1v) is 12.3. The van der Waals surface area contributed by atoms with Crippen LogP contribution in [0.5, 0.6) is 0 Å². The summed E-state index contributed by atoms with van der Waals surface area (Å²) in [4.78, 5) is 27.5. The zero-order chi connectivity index (χ0) is 27.2. The molecule has 37 heavy (non-hydrogen) atoms. The van der Waals surface area contributed by atoms with Crippen molar-refractivity contribution in [1.29, 1.82) is 0 Å². The summed E-state index contributed by atoms with van der Waals surface area (Å²) in [5, 5.41) is 10.2. The van der Waals surface area contributed by atoms with Crippen LogP contribution in [0.2, 0.25) is 5.02 Å². The monoisotopic (exact) mass is 529 g/mol. The van der Waals surface area contributed by atoms with E-state index in [0.717, 1.165) is 16.9 Å². The van der Waals surface area contributed by atoms with Crippen molar-refractivity contribution in [3.8, 4) is 5.69 Å². The van der Waals surface area contributed by atoms with E-state index in [2.05, 4.69) is 10.6 Å². The molecule has 0 fully saturated rings. The molecule has 0 unspecified atom stereocenters. The van der Waals surface area contributed by atoms with E-state index in [0.29, 0.717) is 24.5 Å². The van der Waals surface area contributed by atoms with E-state index < -0.39 is 11.8 Å². The molecule has 0 aliphatic heterocycles. The summed E-state index contributed by atoms with van der Waals surface area (Å²) in [6.07, 6.45) is 0.525. The fraction of sp³-hybridized carbons (Fsp3) is 0.370. The number of nitrogens with zero attached hydrogens (tertiary/aromatic N) is 3. The van der Waals surface area contributed by atoms with Gasteiger partial charge in [-0.2, -0.15) is 5.10 Å². The molecule has 3 rings (SSSR count). The summed E-state index contributed by atoms with van der Waals surface area (Å²) in [7, 11) is 1.57. The second-order valence-corrected chi connectivity index (χ2v) is 10.2. The second-order valence-electron chi connectivity index (χ2n) is 9.79. The fourth-order valence-corrected chi connectivity index (χ4v) is 3.76. The van der Waals surface area contributed by atoms with Crippen LogP contribution in [0.3, 0.4) is 0 Å². The molecular weight excluding hydrogens is 497 g/mol. The molecule has 0 atom stereocenters. The Morgan fingerprint density at radius 1 is 1.14 bits per heavy atom. The van der Waals surface area contributed by atoms with Crippen LogP contribution in [0.1, 0.15) is 38.4 Å². The highest BCUT2D eigenvalue weighted by molar-refractivity contribution is 6.31. The number of nitrogens with one attached hydrogen (secondary N) is 2. The average Bonchev–Trinajstić information content (AvgIpc) is 3.25. The normalized spacial score (nSPS) is 11.3. The highest BCUT2D eigenvalue weighted by atomic mass is 35.5. The first-order chi connectivity index (χ1) is 17.5. The van der Waals surface area contributed by atoms with Gasteiger partial charge in [0.25, 0.3) is 0 Å². The average molecular weight is 530 g/mol. The van der Waals surface area contributed by atoms with Gasteiger partial charge in [0.05, 0.1) is 16.4 Å². The molecule has 2 N–H and O–H groups in total. The molecule has 8 nitrogen and oxygen atoms in total. The topological polar surface area (TPSA) is 88.5 Å². The molecule has 198 valence electrons. The number of carbonyl (C=O) groups is 2. The Balaban J connectivity index is 1.81. The zero-order valence-electron chi connectivity index (χ0n) is 21.8. The molecule has 10 heteroatoms. The van der Waals surface area contributed by atoms with E-state index >= 15 is 0 Å². The van der Waals surface area contributed by atoms with Crippen molar-refractivity contribution in [3.63, 3.8) is 0 Å². The third-order valence-electron chi connectivity index (χ3n) is 5.56. The predicted octanol–water partition coefficient (Wildman–Crippen LogP) is 5.78. The van der Waals surface area contributed by atoms with E-state index in [1.54, 1.807) is 11.8 Å². The number of aryl methyl sites for hydroxylation is 1. The summed E-state index contributed by atoms with van der Waals surface area (Å²) in [6.45, 7) is 8.60. The maximum absolute atomic E-state index is 13.5. The second kappa shape index (κ2) is 12.2. The van der Waals surface area contributed by atoms with Gasteiger partial charge in [0, 0.05) is 37.4 Å². The Morgan fingerprint density at radius 3 is 2.54 bits per heavy atom. The number of amides is 3. The molecule has 0 spiro atoms. The predicted molar refractivity (Wildman–Crippen MR) is 144 cm³/mol. The van der Waals surface area contributed by atoms with E-state index in [1.165, 1.54) is 23.1 Å². The Hall–Kier alpha value is -3.43. The van der Waals surface area contributed by atoms with Gasteiger partial charge in [-0.15, -0.1) is 0 Å². The number of carbonyl (C=O) groups excluding carboxylic acids is 2. The number of hydrogen-bond acceptors (Lipinski definition) is 4. The lowest BCUT2D eigenvalue weighted by atomic mass is 9.92. The van der Waals surface area contributed by atoms with Crippen LogP contribution in [0.4, 0.5) is 20.7 Å². The number of benzene rings is 2. The van der Waals surface area contributed by atoms with Crippen LogP contribution in [0.25, 0.3) is 5.69 Å². The Labute approximate surface area is 221 Å². The lowest BCUT2D eigenvalue weighted by Gasteiger charge is -2.23. The molecule has 1 aromatic heterocycles. The fourth-order valence-electron chi connectivity index (χ4n) is 3.58. The molecule has 0 saturated heterocycles. The number of ether oxygens (including phenoxy) is 1. The van der Waals surface area contributed by atoms with E-state index in [1.807, 2.05) is 58.0 Å². The van der Waals surface area contributed by atoms with Crippen LogP contribution in [0, 0.1) is 12.7 Å². The third kappa shape index (κ3) is 7.77. The maximum atomic E-state index is 13.5. The van der Waals surface area contributed by atoms with Crippen molar-refractivity contribution < 1.29 is 18.7 Å². The molecule has 0 saturated carbocycles. The number of aromatic nitrogens is 2. The molecule has 0 bridgehead atoms. The van der Waals surface area contributed by atoms with Gasteiger partial charge >= 0.3 is 6.03 Å². The number of halogens is 2. The molecule has 3 amide bonds. The highest BCUT2D eigenvalue weighted by Gasteiger charge is 2.23. The SMILES string of the molecule is COCCCN(CC(=O)Nc1cc(C(C)(C)C)nn1-c1cccc(C)c1)C(=O)Nc1ccc(F)c(Cl)c1. The molecular formula is C27H33ClFN5O3. The van der Waals surface area contributed by atoms with E-state index in [4.69, 9.17) is 21.4 Å². The zero-order valence-corrected chi connectivity index (χ0v) is 22.5. The van der Waals surface area contributed by atoms with Gasteiger partial charge in [0.1, 0.15) is 18.2 Å². The van der Waals surface area contributed by atoms with Gasteiger partial charge in [-0.25, -0.2) is 13.9 Å². The molecule has 0 aliphatic carbocycles. The maximum Gasteiger partial charge on any atom is 0.322 e.